The van der Waals surface area contributed by atoms with E-state index in [1.165, 1.54) is 0 Å². The molecule has 0 bridgehead atoms. The third-order valence-corrected chi connectivity index (χ3v) is 3.94. The van der Waals surface area contributed by atoms with Gasteiger partial charge in [0, 0.05) is 17.0 Å². The van der Waals surface area contributed by atoms with Crippen LogP contribution in [0.4, 0.5) is 26.3 Å². The van der Waals surface area contributed by atoms with Gasteiger partial charge in [0.25, 0.3) is 0 Å². The number of halogens is 6. The van der Waals surface area contributed by atoms with Crippen LogP contribution < -0.4 is 10.4 Å². The maximum Gasteiger partial charge on any atom is 0.416 e. The second kappa shape index (κ2) is 6.88. The van der Waals surface area contributed by atoms with E-state index < -0.39 is 41.5 Å². The van der Waals surface area contributed by atoms with Gasteiger partial charge in [0.1, 0.15) is 17.9 Å². The van der Waals surface area contributed by atoms with Crippen molar-refractivity contribution in [2.45, 2.75) is 25.9 Å². The van der Waals surface area contributed by atoms with Gasteiger partial charge in [-0.25, -0.2) is 4.79 Å². The van der Waals surface area contributed by atoms with Crippen LogP contribution in [0, 0.1) is 6.92 Å². The Labute approximate surface area is 154 Å². The van der Waals surface area contributed by atoms with Gasteiger partial charge in [-0.15, -0.1) is 0 Å². The molecule has 1 heterocycles. The summed E-state index contributed by atoms with van der Waals surface area (Å²) in [6.45, 7) is 1.35. The molecule has 2 aromatic carbocycles. The highest BCUT2D eigenvalue weighted by Gasteiger charge is 2.37. The largest absolute Gasteiger partial charge is 0.489 e. The fourth-order valence-electron chi connectivity index (χ4n) is 2.63. The first-order valence-electron chi connectivity index (χ1n) is 7.89. The number of alkyl halides is 6. The first-order valence-corrected chi connectivity index (χ1v) is 7.89. The topological polar surface area (TPSA) is 39.4 Å². The Hall–Kier alpha value is -2.97. The monoisotopic (exact) mass is 402 g/mol. The summed E-state index contributed by atoms with van der Waals surface area (Å²) in [5.41, 5.74) is -2.35. The number of benzene rings is 2. The number of rotatable bonds is 3. The molecule has 9 heteroatoms. The fraction of sp³-hybridized carbons (Fsp3) is 0.211. The first kappa shape index (κ1) is 19.8. The summed E-state index contributed by atoms with van der Waals surface area (Å²) in [6, 6.07) is 6.99. The standard InChI is InChI=1S/C19H12F6O3/c1-10-2-3-15-11(5-17(26)28-16(15)4-10)9-27-14-7-12(18(20,21)22)6-13(8-14)19(23,24)25/h2-8H,9H2,1H3. The summed E-state index contributed by atoms with van der Waals surface area (Å²) in [5.74, 6) is -0.615. The molecule has 0 unspecified atom stereocenters. The van der Waals surface area contributed by atoms with E-state index in [4.69, 9.17) is 9.15 Å². The average Bonchev–Trinajstić information content (AvgIpc) is 2.57. The van der Waals surface area contributed by atoms with Gasteiger partial charge in [-0.2, -0.15) is 26.3 Å². The zero-order valence-corrected chi connectivity index (χ0v) is 14.2. The van der Waals surface area contributed by atoms with Crippen molar-refractivity contribution in [2.24, 2.45) is 0 Å². The summed E-state index contributed by atoms with van der Waals surface area (Å²) in [5, 5.41) is 0.466. The molecular formula is C19H12F6O3. The quantitative estimate of drug-likeness (QED) is 0.416. The Morgan fingerprint density at radius 2 is 1.50 bits per heavy atom. The molecule has 3 nitrogen and oxygen atoms in total. The van der Waals surface area contributed by atoms with Crippen LogP contribution in [-0.2, 0) is 19.0 Å². The zero-order chi connectivity index (χ0) is 20.7. The Morgan fingerprint density at radius 3 is 2.07 bits per heavy atom. The van der Waals surface area contributed by atoms with Gasteiger partial charge in [0.2, 0.25) is 0 Å². The average molecular weight is 402 g/mol. The van der Waals surface area contributed by atoms with Crippen LogP contribution in [0.15, 0.2) is 51.7 Å². The molecule has 3 aromatic rings. The molecule has 0 aliphatic carbocycles. The lowest BCUT2D eigenvalue weighted by Crippen LogP contribution is -2.11. The Balaban J connectivity index is 1.99. The lowest BCUT2D eigenvalue weighted by molar-refractivity contribution is -0.143. The molecule has 0 saturated heterocycles. The predicted octanol–water partition coefficient (Wildman–Crippen LogP) is 5.72. The van der Waals surface area contributed by atoms with Gasteiger partial charge < -0.3 is 9.15 Å². The molecule has 0 fully saturated rings. The van der Waals surface area contributed by atoms with E-state index in [0.29, 0.717) is 17.5 Å². The van der Waals surface area contributed by atoms with Crippen molar-refractivity contribution in [2.75, 3.05) is 0 Å². The van der Waals surface area contributed by atoms with Crippen molar-refractivity contribution < 1.29 is 35.5 Å². The maximum absolute atomic E-state index is 12.9. The molecule has 28 heavy (non-hydrogen) atoms. The van der Waals surface area contributed by atoms with Crippen LogP contribution in [0.1, 0.15) is 22.3 Å². The van der Waals surface area contributed by atoms with Gasteiger partial charge in [-0.3, -0.25) is 0 Å². The second-order valence-corrected chi connectivity index (χ2v) is 6.12. The van der Waals surface area contributed by atoms with E-state index in [1.54, 1.807) is 25.1 Å². The van der Waals surface area contributed by atoms with Crippen LogP contribution >= 0.6 is 0 Å². The summed E-state index contributed by atoms with van der Waals surface area (Å²) >= 11 is 0. The molecule has 0 amide bonds. The minimum absolute atomic E-state index is 0.0161. The molecule has 3 rings (SSSR count). The van der Waals surface area contributed by atoms with E-state index in [-0.39, 0.29) is 17.2 Å². The van der Waals surface area contributed by atoms with Gasteiger partial charge >= 0.3 is 18.0 Å². The summed E-state index contributed by atoms with van der Waals surface area (Å²) < 4.78 is 87.8. The molecule has 0 spiro atoms. The van der Waals surface area contributed by atoms with Crippen LogP contribution in [0.5, 0.6) is 5.75 Å². The minimum Gasteiger partial charge on any atom is -0.489 e. The van der Waals surface area contributed by atoms with Crippen LogP contribution in [0.3, 0.4) is 0 Å². The van der Waals surface area contributed by atoms with E-state index in [9.17, 15) is 31.1 Å². The molecule has 0 atom stereocenters. The summed E-state index contributed by atoms with van der Waals surface area (Å²) in [4.78, 5) is 11.7. The van der Waals surface area contributed by atoms with Gasteiger partial charge in [-0.05, 0) is 36.8 Å². The Morgan fingerprint density at radius 1 is 0.893 bits per heavy atom. The van der Waals surface area contributed by atoms with Crippen LogP contribution in [0.2, 0.25) is 0 Å². The van der Waals surface area contributed by atoms with Gasteiger partial charge in [0.15, 0.2) is 0 Å². The number of hydrogen-bond acceptors (Lipinski definition) is 3. The molecule has 148 valence electrons. The normalized spacial score (nSPS) is 12.4. The first-order chi connectivity index (χ1) is 12.9. The number of hydrogen-bond donors (Lipinski definition) is 0. The van der Waals surface area contributed by atoms with Crippen molar-refractivity contribution in [3.8, 4) is 5.75 Å². The minimum atomic E-state index is -4.97. The van der Waals surface area contributed by atoms with Crippen molar-refractivity contribution in [1.82, 2.24) is 0 Å². The Bertz CT molecular complexity index is 1050. The van der Waals surface area contributed by atoms with Crippen molar-refractivity contribution in [3.05, 3.63) is 75.1 Å². The highest BCUT2D eigenvalue weighted by atomic mass is 19.4. The SMILES string of the molecule is Cc1ccc2c(COc3cc(C(F)(F)F)cc(C(F)(F)F)c3)cc(=O)oc2c1. The van der Waals surface area contributed by atoms with Crippen LogP contribution in [-0.4, -0.2) is 0 Å². The molecule has 0 N–H and O–H groups in total. The molecule has 0 aliphatic heterocycles. The predicted molar refractivity (Wildman–Crippen MR) is 88.0 cm³/mol. The maximum atomic E-state index is 12.9. The second-order valence-electron chi connectivity index (χ2n) is 6.12. The fourth-order valence-corrected chi connectivity index (χ4v) is 2.63. The van der Waals surface area contributed by atoms with E-state index in [2.05, 4.69) is 0 Å². The molecule has 0 aliphatic rings. The van der Waals surface area contributed by atoms with E-state index >= 15 is 0 Å². The highest BCUT2D eigenvalue weighted by molar-refractivity contribution is 5.80. The third-order valence-electron chi connectivity index (χ3n) is 3.94. The van der Waals surface area contributed by atoms with Gasteiger partial charge in [-0.1, -0.05) is 12.1 Å². The molecular weight excluding hydrogens is 390 g/mol. The van der Waals surface area contributed by atoms with Crippen LogP contribution in [0.25, 0.3) is 11.0 Å². The zero-order valence-electron chi connectivity index (χ0n) is 14.2. The molecule has 0 radical (unpaired) electrons. The van der Waals surface area contributed by atoms with E-state index in [1.807, 2.05) is 0 Å². The smallest absolute Gasteiger partial charge is 0.416 e. The number of aryl methyl sites for hydroxylation is 1. The highest BCUT2D eigenvalue weighted by Crippen LogP contribution is 2.38. The molecule has 0 saturated carbocycles. The number of ether oxygens (including phenoxy) is 1. The lowest BCUT2D eigenvalue weighted by atomic mass is 10.1. The lowest BCUT2D eigenvalue weighted by Gasteiger charge is -2.15. The van der Waals surface area contributed by atoms with E-state index in [0.717, 1.165) is 11.6 Å². The van der Waals surface area contributed by atoms with Crippen molar-refractivity contribution >= 4 is 11.0 Å². The summed E-state index contributed by atoms with van der Waals surface area (Å²) in [6.07, 6.45) is -9.95. The summed E-state index contributed by atoms with van der Waals surface area (Å²) in [7, 11) is 0. The van der Waals surface area contributed by atoms with Crippen molar-refractivity contribution in [3.63, 3.8) is 0 Å². The van der Waals surface area contributed by atoms with Crippen molar-refractivity contribution in [1.29, 1.82) is 0 Å². The third kappa shape index (κ3) is 4.29. The Kier molecular flexibility index (Phi) is 4.86. The number of fused-ring (bicyclic) bond motifs is 1. The molecule has 1 aromatic heterocycles. The van der Waals surface area contributed by atoms with Gasteiger partial charge in [0.05, 0.1) is 11.1 Å².